The minimum Gasteiger partial charge on any atom is -0.508 e. The Bertz CT molecular complexity index is 484. The summed E-state index contributed by atoms with van der Waals surface area (Å²) in [4.78, 5) is 0. The van der Waals surface area contributed by atoms with Gasteiger partial charge >= 0.3 is 0 Å². The third-order valence-electron chi connectivity index (χ3n) is 3.01. The van der Waals surface area contributed by atoms with Crippen molar-refractivity contribution >= 4 is 0 Å². The van der Waals surface area contributed by atoms with E-state index in [0.717, 1.165) is 24.0 Å². The molecule has 0 saturated heterocycles. The van der Waals surface area contributed by atoms with Crippen LogP contribution in [0.25, 0.3) is 11.1 Å². The molecule has 2 nitrogen and oxygen atoms in total. The molecule has 0 spiro atoms. The van der Waals surface area contributed by atoms with Crippen LogP contribution in [-0.4, -0.2) is 16.3 Å². The summed E-state index contributed by atoms with van der Waals surface area (Å²) in [6, 6.07) is 15.5. The maximum atomic E-state index is 9.25. The standard InChI is InChI=1S/C16H18O2/c1-12(17)2-3-13-4-6-14(7-5-13)15-8-10-16(18)11-9-15/h4-12,17-18H,2-3H2,1H3. The van der Waals surface area contributed by atoms with Crippen LogP contribution in [-0.2, 0) is 6.42 Å². The highest BCUT2D eigenvalue weighted by Crippen LogP contribution is 2.22. The molecule has 18 heavy (non-hydrogen) atoms. The zero-order valence-corrected chi connectivity index (χ0v) is 10.5. The van der Waals surface area contributed by atoms with E-state index >= 15 is 0 Å². The Hall–Kier alpha value is -1.80. The number of hydrogen-bond donors (Lipinski definition) is 2. The van der Waals surface area contributed by atoms with Gasteiger partial charge in [-0.3, -0.25) is 0 Å². The van der Waals surface area contributed by atoms with Crippen molar-refractivity contribution in [3.05, 3.63) is 54.1 Å². The van der Waals surface area contributed by atoms with Crippen molar-refractivity contribution in [2.24, 2.45) is 0 Å². The lowest BCUT2D eigenvalue weighted by Gasteiger charge is -2.06. The molecule has 0 aromatic heterocycles. The van der Waals surface area contributed by atoms with Crippen molar-refractivity contribution in [1.82, 2.24) is 0 Å². The number of aromatic hydroxyl groups is 1. The molecule has 0 heterocycles. The zero-order chi connectivity index (χ0) is 13.0. The van der Waals surface area contributed by atoms with Gasteiger partial charge < -0.3 is 10.2 Å². The van der Waals surface area contributed by atoms with Gasteiger partial charge in [-0.2, -0.15) is 0 Å². The summed E-state index contributed by atoms with van der Waals surface area (Å²) in [5.74, 6) is 0.285. The van der Waals surface area contributed by atoms with Crippen LogP contribution in [0, 0.1) is 0 Å². The molecule has 94 valence electrons. The lowest BCUT2D eigenvalue weighted by molar-refractivity contribution is 0.185. The minimum absolute atomic E-state index is 0.248. The summed E-state index contributed by atoms with van der Waals surface area (Å²) in [5, 5.41) is 18.5. The van der Waals surface area contributed by atoms with Crippen molar-refractivity contribution in [3.8, 4) is 16.9 Å². The second kappa shape index (κ2) is 5.69. The highest BCUT2D eigenvalue weighted by Gasteiger charge is 2.00. The number of hydrogen-bond acceptors (Lipinski definition) is 2. The first-order valence-electron chi connectivity index (χ1n) is 6.21. The largest absolute Gasteiger partial charge is 0.508 e. The van der Waals surface area contributed by atoms with E-state index in [2.05, 4.69) is 24.3 Å². The fourth-order valence-corrected chi connectivity index (χ4v) is 1.89. The molecule has 0 fully saturated rings. The number of benzene rings is 2. The van der Waals surface area contributed by atoms with Gasteiger partial charge in [0.1, 0.15) is 5.75 Å². The van der Waals surface area contributed by atoms with Crippen LogP contribution in [0.5, 0.6) is 5.75 Å². The molecule has 2 aromatic rings. The van der Waals surface area contributed by atoms with Crippen LogP contribution in [0.2, 0.25) is 0 Å². The highest BCUT2D eigenvalue weighted by molar-refractivity contribution is 5.64. The molecule has 0 bridgehead atoms. The normalized spacial score (nSPS) is 12.3. The molecule has 0 aliphatic heterocycles. The number of phenolic OH excluding ortho intramolecular Hbond substituents is 1. The lowest BCUT2D eigenvalue weighted by atomic mass is 10.0. The van der Waals surface area contributed by atoms with E-state index in [0.29, 0.717) is 0 Å². The van der Waals surface area contributed by atoms with Crippen molar-refractivity contribution in [2.45, 2.75) is 25.9 Å². The fraction of sp³-hybridized carbons (Fsp3) is 0.250. The molecule has 1 atom stereocenters. The first-order chi connectivity index (χ1) is 8.65. The molecule has 2 N–H and O–H groups in total. The molecule has 1 unspecified atom stereocenters. The van der Waals surface area contributed by atoms with Crippen molar-refractivity contribution < 1.29 is 10.2 Å². The molecule has 2 heteroatoms. The molecule has 2 rings (SSSR count). The summed E-state index contributed by atoms with van der Waals surface area (Å²) in [6.07, 6.45) is 1.44. The summed E-state index contributed by atoms with van der Waals surface area (Å²) < 4.78 is 0. The quantitative estimate of drug-likeness (QED) is 0.863. The molecule has 0 radical (unpaired) electrons. The van der Waals surface area contributed by atoms with E-state index in [-0.39, 0.29) is 11.9 Å². The van der Waals surface area contributed by atoms with E-state index in [4.69, 9.17) is 0 Å². The number of aliphatic hydroxyl groups excluding tert-OH is 1. The zero-order valence-electron chi connectivity index (χ0n) is 10.5. The minimum atomic E-state index is -0.248. The van der Waals surface area contributed by atoms with E-state index in [9.17, 15) is 10.2 Å². The Morgan fingerprint density at radius 3 is 1.89 bits per heavy atom. The van der Waals surface area contributed by atoms with Crippen molar-refractivity contribution in [3.63, 3.8) is 0 Å². The van der Waals surface area contributed by atoms with E-state index in [1.54, 1.807) is 12.1 Å². The first kappa shape index (κ1) is 12.7. The fourth-order valence-electron chi connectivity index (χ4n) is 1.89. The molecule has 0 amide bonds. The van der Waals surface area contributed by atoms with Gasteiger partial charge in [-0.05, 0) is 48.6 Å². The Balaban J connectivity index is 2.09. The van der Waals surface area contributed by atoms with Gasteiger partial charge in [0.15, 0.2) is 0 Å². The maximum absolute atomic E-state index is 9.25. The van der Waals surface area contributed by atoms with Crippen molar-refractivity contribution in [2.75, 3.05) is 0 Å². The van der Waals surface area contributed by atoms with Gasteiger partial charge in [0.05, 0.1) is 6.10 Å². The Labute approximate surface area is 108 Å². The van der Waals surface area contributed by atoms with E-state index in [1.807, 2.05) is 19.1 Å². The van der Waals surface area contributed by atoms with Gasteiger partial charge in [0.2, 0.25) is 0 Å². The summed E-state index contributed by atoms with van der Waals surface area (Å²) in [7, 11) is 0. The molecular formula is C16H18O2. The average Bonchev–Trinajstić information content (AvgIpc) is 2.38. The van der Waals surface area contributed by atoms with E-state index < -0.39 is 0 Å². The smallest absolute Gasteiger partial charge is 0.115 e. The topological polar surface area (TPSA) is 40.5 Å². The number of aliphatic hydroxyl groups is 1. The van der Waals surface area contributed by atoms with Crippen LogP contribution in [0.4, 0.5) is 0 Å². The van der Waals surface area contributed by atoms with Crippen LogP contribution in [0.1, 0.15) is 18.9 Å². The van der Waals surface area contributed by atoms with Crippen molar-refractivity contribution in [1.29, 1.82) is 0 Å². The lowest BCUT2D eigenvalue weighted by Crippen LogP contribution is -2.01. The number of rotatable bonds is 4. The molecule has 0 aliphatic carbocycles. The van der Waals surface area contributed by atoms with Crippen LogP contribution < -0.4 is 0 Å². The Morgan fingerprint density at radius 1 is 0.889 bits per heavy atom. The van der Waals surface area contributed by atoms with Gasteiger partial charge in [-0.25, -0.2) is 0 Å². The molecule has 0 saturated carbocycles. The maximum Gasteiger partial charge on any atom is 0.115 e. The van der Waals surface area contributed by atoms with Crippen LogP contribution in [0.3, 0.4) is 0 Å². The van der Waals surface area contributed by atoms with E-state index in [1.165, 1.54) is 5.56 Å². The number of aryl methyl sites for hydroxylation is 1. The van der Waals surface area contributed by atoms with Crippen LogP contribution >= 0.6 is 0 Å². The second-order valence-corrected chi connectivity index (χ2v) is 4.63. The molecule has 2 aromatic carbocycles. The number of phenols is 1. The van der Waals surface area contributed by atoms with Gasteiger partial charge in [0, 0.05) is 0 Å². The molecule has 0 aliphatic rings. The predicted molar refractivity (Wildman–Crippen MR) is 73.5 cm³/mol. The van der Waals surface area contributed by atoms with Gasteiger partial charge in [0.25, 0.3) is 0 Å². The Kier molecular flexibility index (Phi) is 4.00. The summed E-state index contributed by atoms with van der Waals surface area (Å²) in [6.45, 7) is 1.81. The third kappa shape index (κ3) is 3.34. The molecular weight excluding hydrogens is 224 g/mol. The van der Waals surface area contributed by atoms with Crippen LogP contribution in [0.15, 0.2) is 48.5 Å². The third-order valence-corrected chi connectivity index (χ3v) is 3.01. The predicted octanol–water partition coefficient (Wildman–Crippen LogP) is 3.37. The average molecular weight is 242 g/mol. The summed E-state index contributed by atoms with van der Waals surface area (Å²) >= 11 is 0. The van der Waals surface area contributed by atoms with Gasteiger partial charge in [-0.15, -0.1) is 0 Å². The SMILES string of the molecule is CC(O)CCc1ccc(-c2ccc(O)cc2)cc1. The second-order valence-electron chi connectivity index (χ2n) is 4.63. The Morgan fingerprint density at radius 2 is 1.39 bits per heavy atom. The highest BCUT2D eigenvalue weighted by atomic mass is 16.3. The summed E-state index contributed by atoms with van der Waals surface area (Å²) in [5.41, 5.74) is 3.46. The monoisotopic (exact) mass is 242 g/mol. The van der Waals surface area contributed by atoms with Gasteiger partial charge in [-0.1, -0.05) is 36.4 Å². The first-order valence-corrected chi connectivity index (χ1v) is 6.21.